The number of carboxylic acids is 1. The SMILES string of the molecule is CSc1nn(-c2ccccc2)cc1C(=O)O. The van der Waals surface area contributed by atoms with Gasteiger partial charge in [-0.05, 0) is 18.4 Å². The van der Waals surface area contributed by atoms with Crippen LogP contribution >= 0.6 is 11.8 Å². The maximum absolute atomic E-state index is 11.0. The summed E-state index contributed by atoms with van der Waals surface area (Å²) in [4.78, 5) is 11.0. The minimum Gasteiger partial charge on any atom is -0.478 e. The zero-order chi connectivity index (χ0) is 11.5. The fourth-order valence-corrected chi connectivity index (χ4v) is 1.90. The summed E-state index contributed by atoms with van der Waals surface area (Å²) in [6.45, 7) is 0. The Kier molecular flexibility index (Phi) is 2.96. The summed E-state index contributed by atoms with van der Waals surface area (Å²) in [5, 5.41) is 13.7. The van der Waals surface area contributed by atoms with Gasteiger partial charge in [-0.1, -0.05) is 18.2 Å². The van der Waals surface area contributed by atoms with Gasteiger partial charge in [0.1, 0.15) is 10.6 Å². The third-order valence-corrected chi connectivity index (χ3v) is 2.81. The van der Waals surface area contributed by atoms with E-state index in [0.717, 1.165) is 5.69 Å². The van der Waals surface area contributed by atoms with Crippen LogP contribution in [-0.2, 0) is 0 Å². The van der Waals surface area contributed by atoms with Crippen LogP contribution in [0.15, 0.2) is 41.6 Å². The molecule has 2 aromatic rings. The van der Waals surface area contributed by atoms with Crippen LogP contribution in [0.3, 0.4) is 0 Å². The summed E-state index contributed by atoms with van der Waals surface area (Å²) >= 11 is 1.33. The lowest BCUT2D eigenvalue weighted by Gasteiger charge is -1.98. The van der Waals surface area contributed by atoms with Crippen LogP contribution in [0.25, 0.3) is 5.69 Å². The van der Waals surface area contributed by atoms with Crippen LogP contribution in [0.2, 0.25) is 0 Å². The summed E-state index contributed by atoms with van der Waals surface area (Å²) in [6, 6.07) is 9.43. The van der Waals surface area contributed by atoms with Crippen LogP contribution in [0.1, 0.15) is 10.4 Å². The van der Waals surface area contributed by atoms with Gasteiger partial charge in [0.25, 0.3) is 0 Å². The highest BCUT2D eigenvalue weighted by molar-refractivity contribution is 7.98. The second-order valence-corrected chi connectivity index (χ2v) is 3.93. The quantitative estimate of drug-likeness (QED) is 0.828. The number of hydrogen-bond donors (Lipinski definition) is 1. The van der Waals surface area contributed by atoms with Crippen molar-refractivity contribution in [2.75, 3.05) is 6.26 Å². The molecule has 82 valence electrons. The Labute approximate surface area is 96.9 Å². The van der Waals surface area contributed by atoms with E-state index in [1.165, 1.54) is 18.0 Å². The van der Waals surface area contributed by atoms with E-state index in [9.17, 15) is 4.79 Å². The summed E-state index contributed by atoms with van der Waals surface area (Å²) in [6.07, 6.45) is 3.34. The van der Waals surface area contributed by atoms with Gasteiger partial charge in [-0.25, -0.2) is 9.48 Å². The number of aromatic carboxylic acids is 1. The molecule has 5 heteroatoms. The van der Waals surface area contributed by atoms with Crippen molar-refractivity contribution in [3.05, 3.63) is 42.1 Å². The summed E-state index contributed by atoms with van der Waals surface area (Å²) in [7, 11) is 0. The smallest absolute Gasteiger partial charge is 0.340 e. The van der Waals surface area contributed by atoms with E-state index in [0.29, 0.717) is 5.03 Å². The predicted octanol–water partition coefficient (Wildman–Crippen LogP) is 2.29. The van der Waals surface area contributed by atoms with Gasteiger partial charge in [0.15, 0.2) is 0 Å². The molecule has 0 aliphatic heterocycles. The molecule has 0 atom stereocenters. The topological polar surface area (TPSA) is 55.1 Å². The molecule has 2 rings (SSSR count). The molecule has 1 N–H and O–H groups in total. The van der Waals surface area contributed by atoms with Gasteiger partial charge in [-0.15, -0.1) is 11.8 Å². The van der Waals surface area contributed by atoms with Gasteiger partial charge in [0.05, 0.1) is 5.69 Å². The average molecular weight is 234 g/mol. The summed E-state index contributed by atoms with van der Waals surface area (Å²) < 4.78 is 1.58. The van der Waals surface area contributed by atoms with Crippen molar-refractivity contribution < 1.29 is 9.90 Å². The van der Waals surface area contributed by atoms with Gasteiger partial charge in [-0.3, -0.25) is 0 Å². The highest BCUT2D eigenvalue weighted by Crippen LogP contribution is 2.20. The van der Waals surface area contributed by atoms with E-state index in [2.05, 4.69) is 5.10 Å². The van der Waals surface area contributed by atoms with Crippen molar-refractivity contribution >= 4 is 17.7 Å². The standard InChI is InChI=1S/C11H10N2O2S/c1-16-10-9(11(14)15)7-13(12-10)8-5-3-2-4-6-8/h2-7H,1H3,(H,14,15). The highest BCUT2D eigenvalue weighted by atomic mass is 32.2. The lowest BCUT2D eigenvalue weighted by Crippen LogP contribution is -1.95. The van der Waals surface area contributed by atoms with Gasteiger partial charge in [0, 0.05) is 6.20 Å². The minimum atomic E-state index is -0.952. The molecule has 16 heavy (non-hydrogen) atoms. The average Bonchev–Trinajstić information content (AvgIpc) is 2.74. The maximum Gasteiger partial charge on any atom is 0.340 e. The van der Waals surface area contributed by atoms with E-state index in [1.807, 2.05) is 36.6 Å². The zero-order valence-corrected chi connectivity index (χ0v) is 9.44. The van der Waals surface area contributed by atoms with Crippen LogP contribution in [-0.4, -0.2) is 27.1 Å². The predicted molar refractivity (Wildman–Crippen MR) is 62.3 cm³/mol. The molecule has 1 aromatic heterocycles. The van der Waals surface area contributed by atoms with Gasteiger partial charge in [0.2, 0.25) is 0 Å². The van der Waals surface area contributed by atoms with Gasteiger partial charge in [-0.2, -0.15) is 5.10 Å². The van der Waals surface area contributed by atoms with E-state index in [4.69, 9.17) is 5.11 Å². The largest absolute Gasteiger partial charge is 0.478 e. The van der Waals surface area contributed by atoms with Gasteiger partial charge >= 0.3 is 5.97 Å². The second-order valence-electron chi connectivity index (χ2n) is 3.14. The molecule has 0 unspecified atom stereocenters. The molecule has 0 spiro atoms. The summed E-state index contributed by atoms with van der Waals surface area (Å²) in [5.74, 6) is -0.952. The van der Waals surface area contributed by atoms with Gasteiger partial charge < -0.3 is 5.11 Å². The monoisotopic (exact) mass is 234 g/mol. The molecule has 0 aliphatic carbocycles. The molecule has 0 fully saturated rings. The fourth-order valence-electron chi connectivity index (χ4n) is 1.37. The number of carbonyl (C=O) groups is 1. The second kappa shape index (κ2) is 4.40. The van der Waals surface area contributed by atoms with E-state index >= 15 is 0 Å². The number of carboxylic acid groups (broad SMARTS) is 1. The van der Waals surface area contributed by atoms with Crippen LogP contribution < -0.4 is 0 Å². The van der Waals surface area contributed by atoms with Crippen molar-refractivity contribution in [2.24, 2.45) is 0 Å². The molecule has 0 aliphatic rings. The molecule has 0 amide bonds. The fraction of sp³-hybridized carbons (Fsp3) is 0.0909. The molecule has 4 nitrogen and oxygen atoms in total. The van der Waals surface area contributed by atoms with Crippen LogP contribution in [0.4, 0.5) is 0 Å². The Morgan fingerprint density at radius 3 is 2.56 bits per heavy atom. The molecular formula is C11H10N2O2S. The first-order valence-corrected chi connectivity index (χ1v) is 5.87. The highest BCUT2D eigenvalue weighted by Gasteiger charge is 2.14. The first-order chi connectivity index (χ1) is 7.72. The molecule has 0 radical (unpaired) electrons. The first kappa shape index (κ1) is 10.8. The molecule has 0 bridgehead atoms. The number of aromatic nitrogens is 2. The number of para-hydroxylation sites is 1. The maximum atomic E-state index is 11.0. The summed E-state index contributed by atoms with van der Waals surface area (Å²) in [5.41, 5.74) is 1.08. The Morgan fingerprint density at radius 1 is 1.38 bits per heavy atom. The van der Waals surface area contributed by atoms with Crippen LogP contribution in [0, 0.1) is 0 Å². The van der Waals surface area contributed by atoms with E-state index < -0.39 is 5.97 Å². The van der Waals surface area contributed by atoms with E-state index in [-0.39, 0.29) is 5.56 Å². The van der Waals surface area contributed by atoms with Crippen molar-refractivity contribution in [3.8, 4) is 5.69 Å². The zero-order valence-electron chi connectivity index (χ0n) is 8.62. The number of rotatable bonds is 3. The lowest BCUT2D eigenvalue weighted by molar-refractivity contribution is 0.0693. The molecule has 0 saturated heterocycles. The number of benzene rings is 1. The van der Waals surface area contributed by atoms with Crippen molar-refractivity contribution in [1.29, 1.82) is 0 Å². The Balaban J connectivity index is 2.48. The molecule has 1 aromatic carbocycles. The van der Waals surface area contributed by atoms with Crippen molar-refractivity contribution in [1.82, 2.24) is 9.78 Å². The van der Waals surface area contributed by atoms with Crippen molar-refractivity contribution in [3.63, 3.8) is 0 Å². The minimum absolute atomic E-state index is 0.233. The van der Waals surface area contributed by atoms with Crippen molar-refractivity contribution in [2.45, 2.75) is 5.03 Å². The van der Waals surface area contributed by atoms with E-state index in [1.54, 1.807) is 4.68 Å². The Hall–Kier alpha value is -1.75. The number of hydrogen-bond acceptors (Lipinski definition) is 3. The molecular weight excluding hydrogens is 224 g/mol. The lowest BCUT2D eigenvalue weighted by atomic mass is 10.3. The number of nitrogens with zero attached hydrogens (tertiary/aromatic N) is 2. The molecule has 0 saturated carbocycles. The third kappa shape index (κ3) is 1.94. The molecule has 1 heterocycles. The normalized spacial score (nSPS) is 10.3. The number of thioether (sulfide) groups is 1. The van der Waals surface area contributed by atoms with Crippen LogP contribution in [0.5, 0.6) is 0 Å². The third-order valence-electron chi connectivity index (χ3n) is 2.12. The first-order valence-electron chi connectivity index (χ1n) is 4.64. The Bertz CT molecular complexity index is 508. The Morgan fingerprint density at radius 2 is 2.06 bits per heavy atom.